The highest BCUT2D eigenvalue weighted by molar-refractivity contribution is 7.89. The average Bonchev–Trinajstić information content (AvgIpc) is 2.69. The van der Waals surface area contributed by atoms with Gasteiger partial charge in [-0.25, -0.2) is 8.42 Å². The molecular weight excluding hydrogens is 416 g/mol. The summed E-state index contributed by atoms with van der Waals surface area (Å²) in [6.07, 6.45) is 0. The zero-order valence-electron chi connectivity index (χ0n) is 16.8. The lowest BCUT2D eigenvalue weighted by Crippen LogP contribution is -2.39. The van der Waals surface area contributed by atoms with E-state index in [0.717, 1.165) is 9.87 Å². The van der Waals surface area contributed by atoms with E-state index in [-0.39, 0.29) is 22.5 Å². The van der Waals surface area contributed by atoms with E-state index in [1.807, 2.05) is 18.2 Å². The van der Waals surface area contributed by atoms with Gasteiger partial charge < -0.3 is 14.8 Å². The van der Waals surface area contributed by atoms with Crippen LogP contribution in [-0.2, 0) is 14.8 Å². The number of nitrogens with one attached hydrogen (secondary N) is 1. The van der Waals surface area contributed by atoms with E-state index in [1.165, 1.54) is 25.2 Å². The van der Waals surface area contributed by atoms with Crippen LogP contribution in [0.2, 0.25) is 5.02 Å². The minimum absolute atomic E-state index is 0.0148. The van der Waals surface area contributed by atoms with Crippen molar-refractivity contribution in [2.45, 2.75) is 24.8 Å². The van der Waals surface area contributed by atoms with Crippen molar-refractivity contribution in [2.24, 2.45) is 0 Å². The van der Waals surface area contributed by atoms with Crippen molar-refractivity contribution in [1.29, 1.82) is 0 Å². The third kappa shape index (κ3) is 5.62. The summed E-state index contributed by atoms with van der Waals surface area (Å²) in [5.41, 5.74) is 0.798. The lowest BCUT2D eigenvalue weighted by atomic mass is 10.1. The summed E-state index contributed by atoms with van der Waals surface area (Å²) < 4.78 is 37.1. The zero-order valence-corrected chi connectivity index (χ0v) is 18.4. The minimum Gasteiger partial charge on any atom is -0.496 e. The number of carbonyl (C=O) groups excluding carboxylic acids is 1. The molecular formula is C20H25ClN2O5S. The Labute approximate surface area is 176 Å². The second kappa shape index (κ2) is 9.96. The Morgan fingerprint density at radius 3 is 2.52 bits per heavy atom. The molecule has 0 heterocycles. The van der Waals surface area contributed by atoms with E-state index in [2.05, 4.69) is 5.32 Å². The molecule has 1 atom stereocenters. The summed E-state index contributed by atoms with van der Waals surface area (Å²) >= 11 is 6.09. The van der Waals surface area contributed by atoms with Crippen LogP contribution in [0.1, 0.15) is 25.5 Å². The fourth-order valence-corrected chi connectivity index (χ4v) is 4.22. The van der Waals surface area contributed by atoms with Crippen molar-refractivity contribution in [2.75, 3.05) is 27.3 Å². The first-order valence-electron chi connectivity index (χ1n) is 9.01. The first-order valence-corrected chi connectivity index (χ1v) is 10.8. The van der Waals surface area contributed by atoms with Crippen LogP contribution >= 0.6 is 11.6 Å². The van der Waals surface area contributed by atoms with E-state index >= 15 is 0 Å². The maximum Gasteiger partial charge on any atom is 0.243 e. The van der Waals surface area contributed by atoms with Crippen molar-refractivity contribution < 1.29 is 22.7 Å². The van der Waals surface area contributed by atoms with Crippen LogP contribution in [-0.4, -0.2) is 45.9 Å². The molecule has 0 saturated heterocycles. The molecule has 0 spiro atoms. The van der Waals surface area contributed by atoms with Gasteiger partial charge in [-0.1, -0.05) is 29.8 Å². The van der Waals surface area contributed by atoms with Crippen molar-refractivity contribution in [1.82, 2.24) is 9.62 Å². The Balaban J connectivity index is 2.09. The SMILES string of the molecule is CCOc1ccc(S(=O)(=O)N(C)CC(=O)N[C@@H](C)c2ccccc2OC)cc1Cl. The largest absolute Gasteiger partial charge is 0.496 e. The monoisotopic (exact) mass is 440 g/mol. The Morgan fingerprint density at radius 1 is 1.21 bits per heavy atom. The van der Waals surface area contributed by atoms with Crippen LogP contribution in [0.5, 0.6) is 11.5 Å². The van der Waals surface area contributed by atoms with E-state index in [9.17, 15) is 13.2 Å². The molecule has 9 heteroatoms. The highest BCUT2D eigenvalue weighted by Gasteiger charge is 2.25. The smallest absolute Gasteiger partial charge is 0.243 e. The molecule has 1 N–H and O–H groups in total. The van der Waals surface area contributed by atoms with E-state index in [0.29, 0.717) is 18.1 Å². The van der Waals surface area contributed by atoms with Crippen LogP contribution in [0.15, 0.2) is 47.4 Å². The number of carbonyl (C=O) groups is 1. The van der Waals surface area contributed by atoms with Crippen LogP contribution in [0, 0.1) is 0 Å². The van der Waals surface area contributed by atoms with Gasteiger partial charge >= 0.3 is 0 Å². The molecule has 7 nitrogen and oxygen atoms in total. The Kier molecular flexibility index (Phi) is 7.89. The molecule has 158 valence electrons. The lowest BCUT2D eigenvalue weighted by Gasteiger charge is -2.21. The number of amides is 1. The normalized spacial score (nSPS) is 12.5. The van der Waals surface area contributed by atoms with Crippen molar-refractivity contribution >= 4 is 27.5 Å². The first-order chi connectivity index (χ1) is 13.7. The molecule has 2 aromatic carbocycles. The highest BCUT2D eigenvalue weighted by Crippen LogP contribution is 2.28. The Bertz CT molecular complexity index is 965. The topological polar surface area (TPSA) is 84.9 Å². The van der Waals surface area contributed by atoms with Crippen LogP contribution in [0.25, 0.3) is 0 Å². The second-order valence-electron chi connectivity index (χ2n) is 6.32. The van der Waals surface area contributed by atoms with Gasteiger partial charge in [-0.15, -0.1) is 0 Å². The van der Waals surface area contributed by atoms with Crippen LogP contribution in [0.3, 0.4) is 0 Å². The highest BCUT2D eigenvalue weighted by atomic mass is 35.5. The van der Waals surface area contributed by atoms with Gasteiger partial charge in [0.2, 0.25) is 15.9 Å². The minimum atomic E-state index is -3.89. The van der Waals surface area contributed by atoms with Gasteiger partial charge in [0, 0.05) is 12.6 Å². The average molecular weight is 441 g/mol. The van der Waals surface area contributed by atoms with E-state index in [4.69, 9.17) is 21.1 Å². The fourth-order valence-electron chi connectivity index (χ4n) is 2.77. The number of para-hydroxylation sites is 1. The summed E-state index contributed by atoms with van der Waals surface area (Å²) in [6, 6.07) is 11.2. The summed E-state index contributed by atoms with van der Waals surface area (Å²) in [5.74, 6) is 0.607. The molecule has 0 saturated carbocycles. The number of rotatable bonds is 9. The zero-order chi connectivity index (χ0) is 21.6. The number of halogens is 1. The van der Waals surface area contributed by atoms with Gasteiger partial charge in [0.15, 0.2) is 0 Å². The van der Waals surface area contributed by atoms with Crippen molar-refractivity contribution in [3.63, 3.8) is 0 Å². The van der Waals surface area contributed by atoms with Crippen LogP contribution < -0.4 is 14.8 Å². The molecule has 1 amide bonds. The maximum atomic E-state index is 12.8. The van der Waals surface area contributed by atoms with Crippen molar-refractivity contribution in [3.8, 4) is 11.5 Å². The second-order valence-corrected chi connectivity index (χ2v) is 8.77. The molecule has 0 fully saturated rings. The molecule has 2 rings (SSSR count). The summed E-state index contributed by atoms with van der Waals surface area (Å²) in [6.45, 7) is 3.68. The number of sulfonamides is 1. The van der Waals surface area contributed by atoms with Gasteiger partial charge in [-0.2, -0.15) is 4.31 Å². The molecule has 2 aromatic rings. The molecule has 0 aliphatic carbocycles. The molecule has 0 bridgehead atoms. The number of nitrogens with zero attached hydrogens (tertiary/aromatic N) is 1. The number of hydrogen-bond acceptors (Lipinski definition) is 5. The number of methoxy groups -OCH3 is 1. The first kappa shape index (κ1) is 23.0. The molecule has 0 unspecified atom stereocenters. The molecule has 0 aliphatic rings. The molecule has 29 heavy (non-hydrogen) atoms. The predicted octanol–water partition coefficient (Wildman–Crippen LogP) is 3.25. The third-order valence-corrected chi connectivity index (χ3v) is 6.36. The maximum absolute atomic E-state index is 12.8. The lowest BCUT2D eigenvalue weighted by molar-refractivity contribution is -0.121. The number of benzene rings is 2. The number of ether oxygens (including phenoxy) is 2. The van der Waals surface area contributed by atoms with E-state index < -0.39 is 15.9 Å². The van der Waals surface area contributed by atoms with E-state index in [1.54, 1.807) is 27.0 Å². The van der Waals surface area contributed by atoms with Gasteiger partial charge in [0.1, 0.15) is 11.5 Å². The molecule has 0 aromatic heterocycles. The summed E-state index contributed by atoms with van der Waals surface area (Å²) in [5, 5.41) is 2.98. The van der Waals surface area contributed by atoms with Crippen molar-refractivity contribution in [3.05, 3.63) is 53.1 Å². The predicted molar refractivity (Wildman–Crippen MR) is 112 cm³/mol. The standard InChI is InChI=1S/C20H25ClN2O5S/c1-5-28-19-11-10-15(12-17(19)21)29(25,26)23(3)13-20(24)22-14(2)16-8-6-7-9-18(16)27-4/h6-12,14H,5,13H2,1-4H3,(H,22,24)/t14-/m0/s1. The van der Waals surface area contributed by atoms with Gasteiger partial charge in [-0.05, 0) is 38.1 Å². The summed E-state index contributed by atoms with van der Waals surface area (Å²) in [4.78, 5) is 12.4. The molecule has 0 aliphatic heterocycles. The van der Waals surface area contributed by atoms with Crippen LogP contribution in [0.4, 0.5) is 0 Å². The molecule has 0 radical (unpaired) electrons. The van der Waals surface area contributed by atoms with Gasteiger partial charge in [0.25, 0.3) is 0 Å². The summed E-state index contributed by atoms with van der Waals surface area (Å²) in [7, 11) is -1.00. The number of hydrogen-bond donors (Lipinski definition) is 1. The Morgan fingerprint density at radius 2 is 1.90 bits per heavy atom. The quantitative estimate of drug-likeness (QED) is 0.647. The van der Waals surface area contributed by atoms with Gasteiger partial charge in [-0.3, -0.25) is 4.79 Å². The van der Waals surface area contributed by atoms with Gasteiger partial charge in [0.05, 0.1) is 36.2 Å². The Hall–Kier alpha value is -2.29. The third-order valence-electron chi connectivity index (χ3n) is 4.26. The fraction of sp³-hybridized carbons (Fsp3) is 0.350. The number of likely N-dealkylation sites (N-methyl/N-ethyl adjacent to an activating group) is 1.